The lowest BCUT2D eigenvalue weighted by molar-refractivity contribution is 0.669. The minimum Gasteiger partial charge on any atom is -0.455 e. The van der Waals surface area contributed by atoms with Crippen molar-refractivity contribution in [1.82, 2.24) is 15.0 Å². The molecule has 0 saturated carbocycles. The molecule has 0 fully saturated rings. The molecule has 1 aliphatic heterocycles. The average molecular weight is 672 g/mol. The third kappa shape index (κ3) is 4.05. The smallest absolute Gasteiger partial charge is 0.167 e. The van der Waals surface area contributed by atoms with Crippen LogP contribution in [0.25, 0.3) is 99.9 Å². The highest BCUT2D eigenvalue weighted by Gasteiger charge is 2.40. The van der Waals surface area contributed by atoms with Crippen molar-refractivity contribution in [1.29, 1.82) is 0 Å². The summed E-state index contributed by atoms with van der Waals surface area (Å²) in [4.78, 5) is 15.8. The molecule has 11 rings (SSSR count). The quantitative estimate of drug-likeness (QED) is 0.175. The summed E-state index contributed by atoms with van der Waals surface area (Å²) in [6.07, 6.45) is 0. The van der Waals surface area contributed by atoms with E-state index < -0.39 is 8.07 Å². The van der Waals surface area contributed by atoms with Gasteiger partial charge in [-0.05, 0) is 57.0 Å². The number of rotatable bonds is 3. The van der Waals surface area contributed by atoms with Gasteiger partial charge in [0.05, 0.1) is 5.56 Å². The zero-order valence-electron chi connectivity index (χ0n) is 27.9. The van der Waals surface area contributed by atoms with Crippen molar-refractivity contribution in [3.05, 3.63) is 140 Å². The maximum absolute atomic E-state index is 6.81. The molecule has 10 aromatic rings. The van der Waals surface area contributed by atoms with E-state index in [0.29, 0.717) is 17.5 Å². The van der Waals surface area contributed by atoms with E-state index in [0.717, 1.165) is 66.0 Å². The highest BCUT2D eigenvalue weighted by atomic mass is 28.3. The first-order chi connectivity index (χ1) is 25.0. The Morgan fingerprint density at radius 3 is 1.94 bits per heavy atom. The number of nitrogens with zero attached hydrogens (tertiary/aromatic N) is 3. The lowest BCUT2D eigenvalue weighted by Crippen LogP contribution is -2.49. The van der Waals surface area contributed by atoms with Crippen molar-refractivity contribution in [3.63, 3.8) is 0 Å². The zero-order chi connectivity index (χ0) is 33.8. The summed E-state index contributed by atoms with van der Waals surface area (Å²) in [5.41, 5.74) is 8.50. The van der Waals surface area contributed by atoms with Gasteiger partial charge in [-0.2, -0.15) is 0 Å². The van der Waals surface area contributed by atoms with E-state index in [4.69, 9.17) is 23.8 Å². The van der Waals surface area contributed by atoms with Crippen LogP contribution in [0.15, 0.2) is 148 Å². The first kappa shape index (κ1) is 28.5. The van der Waals surface area contributed by atoms with Crippen LogP contribution in [0.5, 0.6) is 0 Å². The molecule has 6 heteroatoms. The van der Waals surface area contributed by atoms with Crippen LogP contribution in [0.3, 0.4) is 0 Å². The minimum absolute atomic E-state index is 0.564. The van der Waals surface area contributed by atoms with Crippen molar-refractivity contribution in [2.45, 2.75) is 13.1 Å². The van der Waals surface area contributed by atoms with Gasteiger partial charge in [-0.15, -0.1) is 0 Å². The number of furan rings is 2. The molecule has 0 bridgehead atoms. The first-order valence-corrected chi connectivity index (χ1v) is 20.3. The van der Waals surface area contributed by atoms with Gasteiger partial charge in [-0.3, -0.25) is 0 Å². The van der Waals surface area contributed by atoms with Crippen LogP contribution < -0.4 is 10.4 Å². The van der Waals surface area contributed by atoms with Crippen LogP contribution in [0.2, 0.25) is 13.1 Å². The number of hydrogen-bond donors (Lipinski definition) is 0. The molecule has 7 aromatic carbocycles. The number of fused-ring (bicyclic) bond motifs is 11. The van der Waals surface area contributed by atoms with Crippen molar-refractivity contribution >= 4 is 73.1 Å². The van der Waals surface area contributed by atoms with Crippen molar-refractivity contribution < 1.29 is 8.83 Å². The Bertz CT molecular complexity index is 3080. The molecule has 0 unspecified atom stereocenters. The zero-order valence-corrected chi connectivity index (χ0v) is 28.9. The van der Waals surface area contributed by atoms with Crippen molar-refractivity contribution in [2.75, 3.05) is 0 Å². The van der Waals surface area contributed by atoms with Crippen molar-refractivity contribution in [3.8, 4) is 45.3 Å². The summed E-state index contributed by atoms with van der Waals surface area (Å²) >= 11 is 0. The Morgan fingerprint density at radius 2 is 1.08 bits per heavy atom. The summed E-state index contributed by atoms with van der Waals surface area (Å²) in [5, 5.41) is 9.21. The van der Waals surface area contributed by atoms with Crippen LogP contribution in [0.4, 0.5) is 0 Å². The molecule has 51 heavy (non-hydrogen) atoms. The third-order valence-corrected chi connectivity index (χ3v) is 14.2. The van der Waals surface area contributed by atoms with Gasteiger partial charge in [0.1, 0.15) is 30.4 Å². The standard InChI is InChI=1S/C45H29N3O2Si/c1-51(2)37-21-10-7-16-32(37)40-38(51)25-34(39-31-15-6-9-20-36(31)50-42(39)40)45-47-43(28-23-22-26-12-3-4-13-27(26)24-28)46-44(48-45)33-18-11-17-30-29-14-5-8-19-35(29)49-41(30)33/h3-25H,1-2H3. The average Bonchev–Trinajstić information content (AvgIpc) is 3.82. The molecular formula is C45H29N3O2Si. The van der Waals surface area contributed by atoms with Gasteiger partial charge in [0.2, 0.25) is 0 Å². The molecule has 0 atom stereocenters. The Balaban J connectivity index is 1.25. The van der Waals surface area contributed by atoms with Gasteiger partial charge >= 0.3 is 0 Å². The molecule has 0 spiro atoms. The molecule has 0 N–H and O–H groups in total. The molecule has 0 radical (unpaired) electrons. The van der Waals surface area contributed by atoms with Gasteiger partial charge < -0.3 is 8.83 Å². The highest BCUT2D eigenvalue weighted by molar-refractivity contribution is 7.04. The van der Waals surface area contributed by atoms with Gasteiger partial charge in [0.15, 0.2) is 17.5 Å². The first-order valence-electron chi connectivity index (χ1n) is 17.3. The van der Waals surface area contributed by atoms with E-state index in [2.05, 4.69) is 122 Å². The predicted molar refractivity (Wildman–Crippen MR) is 210 cm³/mol. The van der Waals surface area contributed by atoms with E-state index in [-0.39, 0.29) is 0 Å². The summed E-state index contributed by atoms with van der Waals surface area (Å²) in [5.74, 6) is 1.78. The molecule has 0 saturated heterocycles. The number of benzene rings is 7. The summed E-state index contributed by atoms with van der Waals surface area (Å²) in [7, 11) is -2.10. The number of hydrogen-bond acceptors (Lipinski definition) is 5. The Morgan fingerprint density at radius 1 is 0.451 bits per heavy atom. The molecule has 240 valence electrons. The normalized spacial score (nSPS) is 13.5. The minimum atomic E-state index is -2.10. The van der Waals surface area contributed by atoms with Crippen LogP contribution >= 0.6 is 0 Å². The highest BCUT2D eigenvalue weighted by Crippen LogP contribution is 2.44. The van der Waals surface area contributed by atoms with E-state index in [1.54, 1.807) is 0 Å². The van der Waals surface area contributed by atoms with Crippen LogP contribution in [-0.4, -0.2) is 23.0 Å². The summed E-state index contributed by atoms with van der Waals surface area (Å²) < 4.78 is 13.3. The lowest BCUT2D eigenvalue weighted by Gasteiger charge is -2.19. The fourth-order valence-corrected chi connectivity index (χ4v) is 11.3. The maximum atomic E-state index is 6.81. The summed E-state index contributed by atoms with van der Waals surface area (Å²) in [6, 6.07) is 48.6. The van der Waals surface area contributed by atoms with Crippen LogP contribution in [0, 0.1) is 0 Å². The van der Waals surface area contributed by atoms with E-state index in [9.17, 15) is 0 Å². The maximum Gasteiger partial charge on any atom is 0.167 e. The molecule has 4 heterocycles. The van der Waals surface area contributed by atoms with E-state index >= 15 is 0 Å². The lowest BCUT2D eigenvalue weighted by atomic mass is 9.98. The van der Waals surface area contributed by atoms with Gasteiger partial charge in [0.25, 0.3) is 0 Å². The Hall–Kier alpha value is -6.37. The second kappa shape index (κ2) is 10.3. The largest absolute Gasteiger partial charge is 0.455 e. The molecule has 0 aliphatic carbocycles. The van der Waals surface area contributed by atoms with Gasteiger partial charge in [-0.25, -0.2) is 15.0 Å². The van der Waals surface area contributed by atoms with E-state index in [1.165, 1.54) is 26.9 Å². The van der Waals surface area contributed by atoms with Gasteiger partial charge in [0, 0.05) is 38.2 Å². The van der Waals surface area contributed by atoms with E-state index in [1.807, 2.05) is 30.3 Å². The second-order valence-corrected chi connectivity index (χ2v) is 18.3. The summed E-state index contributed by atoms with van der Waals surface area (Å²) in [6.45, 7) is 4.86. The van der Waals surface area contributed by atoms with Crippen LogP contribution in [-0.2, 0) is 0 Å². The second-order valence-electron chi connectivity index (χ2n) is 14.0. The molecule has 5 nitrogen and oxygen atoms in total. The Labute approximate surface area is 293 Å². The number of para-hydroxylation sites is 3. The molecule has 1 aliphatic rings. The molecule has 3 aromatic heterocycles. The monoisotopic (exact) mass is 671 g/mol. The van der Waals surface area contributed by atoms with Crippen LogP contribution in [0.1, 0.15) is 0 Å². The van der Waals surface area contributed by atoms with Crippen molar-refractivity contribution in [2.24, 2.45) is 0 Å². The fourth-order valence-electron chi connectivity index (χ4n) is 8.23. The topological polar surface area (TPSA) is 65.0 Å². The Kier molecular flexibility index (Phi) is 5.76. The molecular weight excluding hydrogens is 643 g/mol. The third-order valence-electron chi connectivity index (χ3n) is 10.7. The molecule has 0 amide bonds. The SMILES string of the molecule is C[Si]1(C)c2ccccc2-c2c1cc(-c1nc(-c3ccc4ccccc4c3)nc(-c3cccc4c3oc3ccccc34)n1)c1c2oc2ccccc21. The fraction of sp³-hybridized carbons (Fsp3) is 0.0444. The number of aromatic nitrogens is 3. The predicted octanol–water partition coefficient (Wildman–Crippen LogP) is 10.6. The van der Waals surface area contributed by atoms with Gasteiger partial charge in [-0.1, -0.05) is 122 Å².